The van der Waals surface area contributed by atoms with Gasteiger partial charge in [-0.25, -0.2) is 0 Å². The number of nitrogens with zero attached hydrogens (tertiary/aromatic N) is 1. The van der Waals surface area contributed by atoms with Gasteiger partial charge in [0.1, 0.15) is 5.75 Å². The summed E-state index contributed by atoms with van der Waals surface area (Å²) in [6.45, 7) is 0.646. The van der Waals surface area contributed by atoms with Crippen LogP contribution in [-0.4, -0.2) is 23.3 Å². The molecule has 1 amide bonds. The second-order valence-corrected chi connectivity index (χ2v) is 4.67. The number of aromatic hydroxyl groups is 1. The maximum absolute atomic E-state index is 11.8. The number of benzene rings is 1. The molecule has 1 aromatic carbocycles. The minimum absolute atomic E-state index is 0.0617. The molecule has 0 aliphatic carbocycles. The van der Waals surface area contributed by atoms with Crippen molar-refractivity contribution in [3.63, 3.8) is 0 Å². The summed E-state index contributed by atoms with van der Waals surface area (Å²) < 4.78 is 0. The van der Waals surface area contributed by atoms with Crippen molar-refractivity contribution in [2.24, 2.45) is 5.92 Å². The fourth-order valence-corrected chi connectivity index (χ4v) is 2.37. The van der Waals surface area contributed by atoms with Gasteiger partial charge in [-0.1, -0.05) is 11.6 Å². The lowest BCUT2D eigenvalue weighted by molar-refractivity contribution is -0.117. The first-order valence-electron chi connectivity index (χ1n) is 5.01. The zero-order valence-electron chi connectivity index (χ0n) is 8.56. The third kappa shape index (κ3) is 2.13. The molecule has 1 aromatic rings. The van der Waals surface area contributed by atoms with Crippen molar-refractivity contribution < 1.29 is 9.90 Å². The minimum atomic E-state index is 0.0617. The van der Waals surface area contributed by atoms with Crippen LogP contribution in [0.4, 0.5) is 5.69 Å². The van der Waals surface area contributed by atoms with Crippen LogP contribution in [0.15, 0.2) is 18.2 Å². The van der Waals surface area contributed by atoms with Crippen molar-refractivity contribution in [3.8, 4) is 5.75 Å². The predicted molar refractivity (Wildman–Crippen MR) is 67.4 cm³/mol. The molecule has 0 saturated carbocycles. The molecule has 1 unspecified atom stereocenters. The van der Waals surface area contributed by atoms with Gasteiger partial charge >= 0.3 is 0 Å². The van der Waals surface area contributed by atoms with Gasteiger partial charge in [-0.05, 0) is 23.8 Å². The number of carbonyl (C=O) groups excluding carboxylic acids is 1. The molecule has 5 heteroatoms. The van der Waals surface area contributed by atoms with E-state index in [9.17, 15) is 9.90 Å². The molecule has 1 saturated heterocycles. The summed E-state index contributed by atoms with van der Waals surface area (Å²) in [5, 5.41) is 9.64. The molecule has 86 valence electrons. The molecule has 1 N–H and O–H groups in total. The molecular weight excluding hydrogens is 246 g/mol. The predicted octanol–water partition coefficient (Wildman–Crippen LogP) is 2.33. The molecule has 0 aromatic heterocycles. The summed E-state index contributed by atoms with van der Waals surface area (Å²) in [6, 6.07) is 4.64. The van der Waals surface area contributed by atoms with E-state index in [1.165, 1.54) is 12.1 Å². The molecule has 1 atom stereocenters. The number of carbonyl (C=O) groups is 1. The van der Waals surface area contributed by atoms with Gasteiger partial charge in [-0.15, -0.1) is 0 Å². The van der Waals surface area contributed by atoms with E-state index < -0.39 is 0 Å². The number of hydrogen-bond donors (Lipinski definition) is 2. The van der Waals surface area contributed by atoms with Crippen molar-refractivity contribution in [1.29, 1.82) is 0 Å². The second kappa shape index (κ2) is 4.55. The molecule has 1 aliphatic rings. The lowest BCUT2D eigenvalue weighted by atomic mass is 10.1. The molecule has 3 nitrogen and oxygen atoms in total. The number of rotatable bonds is 2. The number of anilines is 1. The van der Waals surface area contributed by atoms with E-state index in [4.69, 9.17) is 11.6 Å². The first-order chi connectivity index (χ1) is 7.61. The highest BCUT2D eigenvalue weighted by molar-refractivity contribution is 7.80. The van der Waals surface area contributed by atoms with Crippen LogP contribution in [0.5, 0.6) is 5.75 Å². The van der Waals surface area contributed by atoms with Gasteiger partial charge in [0.25, 0.3) is 0 Å². The van der Waals surface area contributed by atoms with Crippen molar-refractivity contribution in [1.82, 2.24) is 0 Å². The highest BCUT2D eigenvalue weighted by Gasteiger charge is 2.30. The number of amides is 1. The maximum Gasteiger partial charge on any atom is 0.227 e. The van der Waals surface area contributed by atoms with E-state index >= 15 is 0 Å². The number of phenolic OH excluding ortho intramolecular Hbond substituents is 1. The van der Waals surface area contributed by atoms with Crippen LogP contribution in [0.2, 0.25) is 5.02 Å². The first-order valence-corrected chi connectivity index (χ1v) is 6.02. The third-order valence-corrected chi connectivity index (χ3v) is 3.50. The highest BCUT2D eigenvalue weighted by atomic mass is 35.5. The molecule has 1 aliphatic heterocycles. The average molecular weight is 258 g/mol. The Morgan fingerprint density at radius 1 is 1.56 bits per heavy atom. The van der Waals surface area contributed by atoms with Crippen molar-refractivity contribution in [2.45, 2.75) is 6.42 Å². The van der Waals surface area contributed by atoms with Crippen LogP contribution in [0.3, 0.4) is 0 Å². The molecule has 0 spiro atoms. The lowest BCUT2D eigenvalue weighted by Gasteiger charge is -2.18. The van der Waals surface area contributed by atoms with E-state index in [-0.39, 0.29) is 17.6 Å². The highest BCUT2D eigenvalue weighted by Crippen LogP contribution is 2.33. The van der Waals surface area contributed by atoms with Crippen LogP contribution in [0, 0.1) is 5.92 Å². The zero-order chi connectivity index (χ0) is 11.7. The number of hydrogen-bond acceptors (Lipinski definition) is 3. The molecule has 0 radical (unpaired) electrons. The summed E-state index contributed by atoms with van der Waals surface area (Å²) in [5.74, 6) is 1.14. The van der Waals surface area contributed by atoms with Gasteiger partial charge in [0.15, 0.2) is 0 Å². The number of thiol groups is 1. The van der Waals surface area contributed by atoms with Gasteiger partial charge in [0.05, 0.1) is 10.7 Å². The second-order valence-electron chi connectivity index (χ2n) is 3.89. The summed E-state index contributed by atoms with van der Waals surface area (Å²) >= 11 is 10.2. The lowest BCUT2D eigenvalue weighted by Crippen LogP contribution is -2.24. The van der Waals surface area contributed by atoms with Crippen LogP contribution in [0.1, 0.15) is 6.42 Å². The van der Waals surface area contributed by atoms with Crippen LogP contribution < -0.4 is 4.90 Å². The Morgan fingerprint density at radius 2 is 2.31 bits per heavy atom. The normalized spacial score (nSPS) is 20.5. The van der Waals surface area contributed by atoms with E-state index in [1.807, 2.05) is 0 Å². The fraction of sp³-hybridized carbons (Fsp3) is 0.364. The molecule has 1 heterocycles. The van der Waals surface area contributed by atoms with Crippen molar-refractivity contribution in [2.75, 3.05) is 17.2 Å². The number of halogens is 1. The standard InChI is InChI=1S/C11H12ClNO2S/c12-9-4-8(14)1-2-10(9)13-5-7(6-16)3-11(13)15/h1-2,4,7,14,16H,3,5-6H2. The third-order valence-electron chi connectivity index (χ3n) is 2.69. The van der Waals surface area contributed by atoms with E-state index in [0.717, 1.165) is 0 Å². The van der Waals surface area contributed by atoms with Gasteiger partial charge in [0.2, 0.25) is 5.91 Å². The SMILES string of the molecule is O=C1CC(CS)CN1c1ccc(O)cc1Cl. The Kier molecular flexibility index (Phi) is 3.30. The Labute approximate surface area is 104 Å². The monoisotopic (exact) mass is 257 g/mol. The van der Waals surface area contributed by atoms with Crippen molar-refractivity contribution in [3.05, 3.63) is 23.2 Å². The fourth-order valence-electron chi connectivity index (χ4n) is 1.85. The van der Waals surface area contributed by atoms with Crippen molar-refractivity contribution >= 4 is 35.8 Å². The zero-order valence-corrected chi connectivity index (χ0v) is 10.2. The van der Waals surface area contributed by atoms with Crippen LogP contribution >= 0.6 is 24.2 Å². The van der Waals surface area contributed by atoms with Gasteiger partial charge in [-0.2, -0.15) is 12.6 Å². The van der Waals surface area contributed by atoms with Gasteiger partial charge < -0.3 is 10.0 Å². The van der Waals surface area contributed by atoms with Gasteiger partial charge in [-0.3, -0.25) is 4.79 Å². The first kappa shape index (κ1) is 11.6. The minimum Gasteiger partial charge on any atom is -0.508 e. The summed E-state index contributed by atoms with van der Waals surface area (Å²) in [7, 11) is 0. The Hall–Kier alpha value is -0.870. The average Bonchev–Trinajstić information content (AvgIpc) is 2.60. The summed E-state index contributed by atoms with van der Waals surface area (Å²) in [5.41, 5.74) is 0.661. The quantitative estimate of drug-likeness (QED) is 0.799. The van der Waals surface area contributed by atoms with E-state index in [0.29, 0.717) is 29.4 Å². The van der Waals surface area contributed by atoms with Crippen LogP contribution in [-0.2, 0) is 4.79 Å². The Morgan fingerprint density at radius 3 is 2.88 bits per heavy atom. The summed E-state index contributed by atoms with van der Waals surface area (Å²) in [6.07, 6.45) is 0.515. The molecular formula is C11H12ClNO2S. The largest absolute Gasteiger partial charge is 0.508 e. The number of phenols is 1. The summed E-state index contributed by atoms with van der Waals surface area (Å²) in [4.78, 5) is 13.4. The van der Waals surface area contributed by atoms with E-state index in [1.54, 1.807) is 11.0 Å². The molecule has 0 bridgehead atoms. The molecule has 16 heavy (non-hydrogen) atoms. The Balaban J connectivity index is 2.28. The Bertz CT molecular complexity index is 424. The molecule has 2 rings (SSSR count). The van der Waals surface area contributed by atoms with Gasteiger partial charge in [0, 0.05) is 19.0 Å². The topological polar surface area (TPSA) is 40.5 Å². The maximum atomic E-state index is 11.8. The smallest absolute Gasteiger partial charge is 0.227 e. The van der Waals surface area contributed by atoms with E-state index in [2.05, 4.69) is 12.6 Å². The van der Waals surface area contributed by atoms with Crippen LogP contribution in [0.25, 0.3) is 0 Å². The molecule has 1 fully saturated rings.